The number of benzene rings is 1. The number of nitrogens with one attached hydrogen (secondary N) is 2. The molecule has 21 heavy (non-hydrogen) atoms. The molecule has 0 radical (unpaired) electrons. The van der Waals surface area contributed by atoms with Crippen molar-refractivity contribution in [1.29, 1.82) is 0 Å². The Balaban J connectivity index is 2.86. The molecule has 2 N–H and O–H groups in total. The average molecular weight is 296 g/mol. The third kappa shape index (κ3) is 5.01. The van der Waals surface area contributed by atoms with Gasteiger partial charge in [-0.1, -0.05) is 13.0 Å². The SMILES string of the molecule is CCC(C)NC(=O)C(C)Oc1cc(F)ccc1C(C)NC. The lowest BCUT2D eigenvalue weighted by Crippen LogP contribution is -2.41. The van der Waals surface area contributed by atoms with Crippen LogP contribution in [0, 0.1) is 5.82 Å². The quantitative estimate of drug-likeness (QED) is 0.813. The molecule has 1 aromatic rings. The number of amides is 1. The first-order valence-electron chi connectivity index (χ1n) is 7.32. The molecule has 0 heterocycles. The van der Waals surface area contributed by atoms with E-state index in [2.05, 4.69) is 10.6 Å². The lowest BCUT2D eigenvalue weighted by atomic mass is 10.1. The number of halogens is 1. The van der Waals surface area contributed by atoms with E-state index in [1.165, 1.54) is 12.1 Å². The topological polar surface area (TPSA) is 50.4 Å². The second-order valence-corrected chi connectivity index (χ2v) is 5.27. The molecule has 3 atom stereocenters. The summed E-state index contributed by atoms with van der Waals surface area (Å²) >= 11 is 0. The van der Waals surface area contributed by atoms with Crippen molar-refractivity contribution in [2.24, 2.45) is 0 Å². The fourth-order valence-corrected chi connectivity index (χ4v) is 1.83. The van der Waals surface area contributed by atoms with Gasteiger partial charge in [0.15, 0.2) is 6.10 Å². The van der Waals surface area contributed by atoms with Crippen LogP contribution < -0.4 is 15.4 Å². The predicted molar refractivity (Wildman–Crippen MR) is 81.9 cm³/mol. The Morgan fingerprint density at radius 2 is 2.00 bits per heavy atom. The molecule has 0 aromatic heterocycles. The molecule has 0 aliphatic carbocycles. The van der Waals surface area contributed by atoms with Crippen molar-refractivity contribution in [3.63, 3.8) is 0 Å². The summed E-state index contributed by atoms with van der Waals surface area (Å²) in [6, 6.07) is 4.47. The number of carbonyl (C=O) groups excluding carboxylic acids is 1. The van der Waals surface area contributed by atoms with Crippen molar-refractivity contribution in [2.75, 3.05) is 7.05 Å². The maximum atomic E-state index is 13.4. The largest absolute Gasteiger partial charge is 0.480 e. The first-order valence-corrected chi connectivity index (χ1v) is 7.32. The second kappa shape index (κ2) is 7.98. The molecule has 0 bridgehead atoms. The molecule has 0 fully saturated rings. The molecule has 0 aliphatic heterocycles. The summed E-state index contributed by atoms with van der Waals surface area (Å²) in [6.07, 6.45) is 0.170. The Bertz CT molecular complexity index is 479. The number of carbonyl (C=O) groups is 1. The lowest BCUT2D eigenvalue weighted by molar-refractivity contribution is -0.127. The first kappa shape index (κ1) is 17.4. The van der Waals surface area contributed by atoms with E-state index in [4.69, 9.17) is 4.74 Å². The summed E-state index contributed by atoms with van der Waals surface area (Å²) in [5.74, 6) is -0.188. The molecule has 0 aliphatic rings. The molecular formula is C16H25FN2O2. The first-order chi connectivity index (χ1) is 9.88. The number of ether oxygens (including phenoxy) is 1. The molecular weight excluding hydrogens is 271 g/mol. The minimum atomic E-state index is -0.677. The van der Waals surface area contributed by atoms with Crippen molar-refractivity contribution >= 4 is 5.91 Å². The zero-order chi connectivity index (χ0) is 16.0. The van der Waals surface area contributed by atoms with Gasteiger partial charge in [0.25, 0.3) is 5.91 Å². The van der Waals surface area contributed by atoms with Crippen molar-refractivity contribution < 1.29 is 13.9 Å². The van der Waals surface area contributed by atoms with E-state index in [0.717, 1.165) is 12.0 Å². The number of rotatable bonds is 7. The van der Waals surface area contributed by atoms with Crippen molar-refractivity contribution in [1.82, 2.24) is 10.6 Å². The zero-order valence-corrected chi connectivity index (χ0v) is 13.4. The maximum absolute atomic E-state index is 13.4. The monoisotopic (exact) mass is 296 g/mol. The zero-order valence-electron chi connectivity index (χ0n) is 13.4. The minimum Gasteiger partial charge on any atom is -0.480 e. The summed E-state index contributed by atoms with van der Waals surface area (Å²) in [5, 5.41) is 5.94. The van der Waals surface area contributed by atoms with E-state index < -0.39 is 6.10 Å². The summed E-state index contributed by atoms with van der Waals surface area (Å²) in [5.41, 5.74) is 0.821. The highest BCUT2D eigenvalue weighted by Crippen LogP contribution is 2.26. The molecule has 0 saturated heterocycles. The Morgan fingerprint density at radius 3 is 2.57 bits per heavy atom. The van der Waals surface area contributed by atoms with Gasteiger partial charge in [0, 0.05) is 23.7 Å². The molecule has 118 valence electrons. The van der Waals surface area contributed by atoms with Gasteiger partial charge in [-0.05, 0) is 40.3 Å². The van der Waals surface area contributed by atoms with Gasteiger partial charge in [-0.3, -0.25) is 4.79 Å². The summed E-state index contributed by atoms with van der Waals surface area (Å²) in [4.78, 5) is 12.0. The summed E-state index contributed by atoms with van der Waals surface area (Å²) in [7, 11) is 1.82. The average Bonchev–Trinajstić information content (AvgIpc) is 2.46. The van der Waals surface area contributed by atoms with Gasteiger partial charge < -0.3 is 15.4 Å². The highest BCUT2D eigenvalue weighted by atomic mass is 19.1. The van der Waals surface area contributed by atoms with Crippen LogP contribution in [0.15, 0.2) is 18.2 Å². The van der Waals surface area contributed by atoms with Crippen molar-refractivity contribution in [3.05, 3.63) is 29.6 Å². The Hall–Kier alpha value is -1.62. The number of hydrogen-bond donors (Lipinski definition) is 2. The van der Waals surface area contributed by atoms with Gasteiger partial charge in [-0.15, -0.1) is 0 Å². The molecule has 0 saturated carbocycles. The third-order valence-electron chi connectivity index (χ3n) is 3.55. The molecule has 3 unspecified atom stereocenters. The Labute approximate surface area is 126 Å². The summed E-state index contributed by atoms with van der Waals surface area (Å²) < 4.78 is 19.1. The molecule has 5 heteroatoms. The third-order valence-corrected chi connectivity index (χ3v) is 3.55. The van der Waals surface area contributed by atoms with E-state index in [-0.39, 0.29) is 23.8 Å². The van der Waals surface area contributed by atoms with Gasteiger partial charge in [0.2, 0.25) is 0 Å². The second-order valence-electron chi connectivity index (χ2n) is 5.27. The van der Waals surface area contributed by atoms with Crippen LogP contribution in [-0.4, -0.2) is 25.1 Å². The van der Waals surface area contributed by atoms with Gasteiger partial charge in [-0.25, -0.2) is 4.39 Å². The van der Waals surface area contributed by atoms with Crippen LogP contribution in [0.3, 0.4) is 0 Å². The fourth-order valence-electron chi connectivity index (χ4n) is 1.83. The van der Waals surface area contributed by atoms with Crippen LogP contribution in [0.4, 0.5) is 4.39 Å². The Kier molecular flexibility index (Phi) is 6.62. The van der Waals surface area contributed by atoms with Gasteiger partial charge >= 0.3 is 0 Å². The highest BCUT2D eigenvalue weighted by molar-refractivity contribution is 5.81. The Morgan fingerprint density at radius 1 is 1.33 bits per heavy atom. The van der Waals surface area contributed by atoms with Crippen molar-refractivity contribution in [2.45, 2.75) is 52.3 Å². The maximum Gasteiger partial charge on any atom is 0.260 e. The van der Waals surface area contributed by atoms with Crippen LogP contribution in [-0.2, 0) is 4.79 Å². The fraction of sp³-hybridized carbons (Fsp3) is 0.562. The highest BCUT2D eigenvalue weighted by Gasteiger charge is 2.19. The van der Waals surface area contributed by atoms with Crippen LogP contribution in [0.25, 0.3) is 0 Å². The van der Waals surface area contributed by atoms with Crippen LogP contribution in [0.5, 0.6) is 5.75 Å². The van der Waals surface area contributed by atoms with E-state index in [0.29, 0.717) is 5.75 Å². The molecule has 4 nitrogen and oxygen atoms in total. The van der Waals surface area contributed by atoms with Crippen LogP contribution in [0.1, 0.15) is 45.7 Å². The lowest BCUT2D eigenvalue weighted by Gasteiger charge is -2.21. The normalized spacial score (nSPS) is 15.1. The predicted octanol–water partition coefficient (Wildman–Crippen LogP) is 2.79. The minimum absolute atomic E-state index is 0.00502. The van der Waals surface area contributed by atoms with Gasteiger partial charge in [-0.2, -0.15) is 0 Å². The van der Waals surface area contributed by atoms with Crippen LogP contribution in [0.2, 0.25) is 0 Å². The van der Waals surface area contributed by atoms with E-state index in [1.807, 2.05) is 27.8 Å². The molecule has 1 rings (SSSR count). The molecule has 1 amide bonds. The molecule has 1 aromatic carbocycles. The molecule has 0 spiro atoms. The summed E-state index contributed by atoms with van der Waals surface area (Å²) in [6.45, 7) is 7.54. The van der Waals surface area contributed by atoms with E-state index in [1.54, 1.807) is 13.0 Å². The van der Waals surface area contributed by atoms with E-state index in [9.17, 15) is 9.18 Å². The number of hydrogen-bond acceptors (Lipinski definition) is 3. The van der Waals surface area contributed by atoms with E-state index >= 15 is 0 Å². The van der Waals surface area contributed by atoms with Crippen molar-refractivity contribution in [3.8, 4) is 5.75 Å². The smallest absolute Gasteiger partial charge is 0.260 e. The standard InChI is InChI=1S/C16H25FN2O2/c1-6-10(2)19-16(20)12(4)21-15-9-13(17)7-8-14(15)11(3)18-5/h7-12,18H,6H2,1-5H3,(H,19,20). The van der Waals surface area contributed by atoms with Gasteiger partial charge in [0.1, 0.15) is 11.6 Å². The van der Waals surface area contributed by atoms with Crippen LogP contribution >= 0.6 is 0 Å². The van der Waals surface area contributed by atoms with Gasteiger partial charge in [0.05, 0.1) is 0 Å².